The standard InChI is InChI=1S/C26H31F3N4O3/c1-6-31-24(32-16-30)33(15-25(2,3)4)14-18-13-19(26(27,28)29)8-9-20(18)21-11-17(12-23(34)35)7-10-22(21)36-5/h7-11,13H,6,12,14-15H2,1-5H3,(H,31,32)(H,34,35). The number of aliphatic imine (C=N–C) groups is 1. The molecular weight excluding hydrogens is 473 g/mol. The van der Waals surface area contributed by atoms with Gasteiger partial charge < -0.3 is 20.1 Å². The maximum Gasteiger partial charge on any atom is 0.416 e. The monoisotopic (exact) mass is 504 g/mol. The van der Waals surface area contributed by atoms with E-state index in [0.29, 0.717) is 41.1 Å². The van der Waals surface area contributed by atoms with Crippen LogP contribution >= 0.6 is 0 Å². The van der Waals surface area contributed by atoms with Gasteiger partial charge in [0.15, 0.2) is 0 Å². The molecule has 2 aromatic carbocycles. The van der Waals surface area contributed by atoms with Gasteiger partial charge in [0.05, 0.1) is 19.1 Å². The number of alkyl halides is 3. The van der Waals surface area contributed by atoms with Gasteiger partial charge in [-0.3, -0.25) is 4.79 Å². The number of aliphatic carboxylic acids is 1. The van der Waals surface area contributed by atoms with Crippen LogP contribution in [-0.4, -0.2) is 42.1 Å². The molecule has 0 aromatic heterocycles. The Labute approximate surface area is 209 Å². The molecule has 0 aliphatic carbocycles. The number of nitriles is 1. The SMILES string of the molecule is CCNC(=NC#N)N(Cc1cc(C(F)(F)F)ccc1-c1cc(CC(=O)O)ccc1OC)CC(C)(C)C. The number of ether oxygens (including phenoxy) is 1. The lowest BCUT2D eigenvalue weighted by atomic mass is 9.93. The molecule has 0 spiro atoms. The second-order valence-corrected chi connectivity index (χ2v) is 9.46. The summed E-state index contributed by atoms with van der Waals surface area (Å²) in [5, 5.41) is 21.5. The summed E-state index contributed by atoms with van der Waals surface area (Å²) in [6.45, 7) is 8.62. The summed E-state index contributed by atoms with van der Waals surface area (Å²) in [4.78, 5) is 16.9. The molecule has 0 aliphatic rings. The number of methoxy groups -OCH3 is 1. The number of carbonyl (C=O) groups is 1. The Morgan fingerprint density at radius 2 is 1.86 bits per heavy atom. The predicted molar refractivity (Wildman–Crippen MR) is 131 cm³/mol. The quantitative estimate of drug-likeness (QED) is 0.288. The van der Waals surface area contributed by atoms with E-state index in [1.807, 2.05) is 27.7 Å². The lowest BCUT2D eigenvalue weighted by Crippen LogP contribution is -2.44. The molecular formula is C26H31F3N4O3. The van der Waals surface area contributed by atoms with Gasteiger partial charge in [0, 0.05) is 25.2 Å². The minimum absolute atomic E-state index is 0.0103. The van der Waals surface area contributed by atoms with Crippen molar-refractivity contribution in [3.05, 3.63) is 53.1 Å². The summed E-state index contributed by atoms with van der Waals surface area (Å²) in [5.74, 6) is -0.381. The van der Waals surface area contributed by atoms with Gasteiger partial charge in [-0.05, 0) is 53.3 Å². The molecule has 0 saturated carbocycles. The van der Waals surface area contributed by atoms with Crippen LogP contribution < -0.4 is 10.1 Å². The highest BCUT2D eigenvalue weighted by atomic mass is 19.4. The molecule has 0 fully saturated rings. The summed E-state index contributed by atoms with van der Waals surface area (Å²) < 4.78 is 46.5. The molecule has 194 valence electrons. The maximum atomic E-state index is 13.7. The third-order valence-electron chi connectivity index (χ3n) is 5.16. The van der Waals surface area contributed by atoms with Gasteiger partial charge in [-0.1, -0.05) is 32.9 Å². The second kappa shape index (κ2) is 11.8. The van der Waals surface area contributed by atoms with Crippen molar-refractivity contribution in [2.75, 3.05) is 20.2 Å². The summed E-state index contributed by atoms with van der Waals surface area (Å²) in [6.07, 6.45) is -3.06. The van der Waals surface area contributed by atoms with Crippen LogP contribution in [0.5, 0.6) is 5.75 Å². The van der Waals surface area contributed by atoms with E-state index in [1.54, 1.807) is 29.3 Å². The Bertz CT molecular complexity index is 1150. The maximum absolute atomic E-state index is 13.7. The number of benzene rings is 2. The molecule has 0 radical (unpaired) electrons. The van der Waals surface area contributed by atoms with Gasteiger partial charge in [-0.25, -0.2) is 0 Å². The topological polar surface area (TPSA) is 98.0 Å². The van der Waals surface area contributed by atoms with Crippen molar-refractivity contribution >= 4 is 11.9 Å². The van der Waals surface area contributed by atoms with Crippen LogP contribution in [0.25, 0.3) is 11.1 Å². The van der Waals surface area contributed by atoms with Crippen LogP contribution in [0.2, 0.25) is 0 Å². The molecule has 0 aliphatic heterocycles. The van der Waals surface area contributed by atoms with E-state index in [0.717, 1.165) is 12.1 Å². The predicted octanol–water partition coefficient (Wildman–Crippen LogP) is 5.30. The number of hydrogen-bond acceptors (Lipinski definition) is 4. The zero-order valence-corrected chi connectivity index (χ0v) is 21.0. The number of carboxylic acid groups (broad SMARTS) is 1. The lowest BCUT2D eigenvalue weighted by molar-refractivity contribution is -0.138. The minimum atomic E-state index is -4.57. The first kappa shape index (κ1) is 28.5. The first-order valence-corrected chi connectivity index (χ1v) is 11.3. The fourth-order valence-electron chi connectivity index (χ4n) is 3.83. The third-order valence-corrected chi connectivity index (χ3v) is 5.16. The highest BCUT2D eigenvalue weighted by molar-refractivity contribution is 5.82. The molecule has 2 aromatic rings. The Hall–Kier alpha value is -3.74. The van der Waals surface area contributed by atoms with Crippen molar-refractivity contribution in [3.63, 3.8) is 0 Å². The van der Waals surface area contributed by atoms with Gasteiger partial charge in [0.2, 0.25) is 12.2 Å². The van der Waals surface area contributed by atoms with Crippen molar-refractivity contribution in [1.82, 2.24) is 10.2 Å². The van der Waals surface area contributed by atoms with Crippen LogP contribution in [0.1, 0.15) is 44.4 Å². The second-order valence-electron chi connectivity index (χ2n) is 9.46. The molecule has 0 unspecified atom stereocenters. The summed E-state index contributed by atoms with van der Waals surface area (Å²) >= 11 is 0. The molecule has 0 atom stereocenters. The van der Waals surface area contributed by atoms with Crippen molar-refractivity contribution in [2.45, 2.75) is 46.8 Å². The van der Waals surface area contributed by atoms with Crippen molar-refractivity contribution in [2.24, 2.45) is 10.4 Å². The fourth-order valence-corrected chi connectivity index (χ4v) is 3.83. The Balaban J connectivity index is 2.75. The average Bonchev–Trinajstić information content (AvgIpc) is 2.76. The van der Waals surface area contributed by atoms with Crippen LogP contribution in [0.3, 0.4) is 0 Å². The normalized spacial score (nSPS) is 12.1. The number of nitrogens with zero attached hydrogens (tertiary/aromatic N) is 3. The van der Waals surface area contributed by atoms with Gasteiger partial charge in [-0.15, -0.1) is 4.99 Å². The van der Waals surface area contributed by atoms with E-state index in [2.05, 4.69) is 10.3 Å². The summed E-state index contributed by atoms with van der Waals surface area (Å²) in [5.41, 5.74) is 0.641. The van der Waals surface area contributed by atoms with Crippen LogP contribution in [0.4, 0.5) is 13.2 Å². The Kier molecular flexibility index (Phi) is 9.34. The Morgan fingerprint density at radius 3 is 2.39 bits per heavy atom. The molecule has 2 rings (SSSR count). The number of hydrogen-bond donors (Lipinski definition) is 2. The van der Waals surface area contributed by atoms with Crippen molar-refractivity contribution in [1.29, 1.82) is 5.26 Å². The summed E-state index contributed by atoms with van der Waals surface area (Å²) in [6, 6.07) is 8.25. The average molecular weight is 505 g/mol. The van der Waals surface area contributed by atoms with Gasteiger partial charge in [0.1, 0.15) is 5.75 Å². The fraction of sp³-hybridized carbons (Fsp3) is 0.423. The van der Waals surface area contributed by atoms with Crippen molar-refractivity contribution in [3.8, 4) is 23.1 Å². The zero-order chi connectivity index (χ0) is 27.1. The van der Waals surface area contributed by atoms with E-state index < -0.39 is 17.7 Å². The smallest absolute Gasteiger partial charge is 0.416 e. The zero-order valence-electron chi connectivity index (χ0n) is 21.0. The summed E-state index contributed by atoms with van der Waals surface area (Å²) in [7, 11) is 1.44. The van der Waals surface area contributed by atoms with E-state index in [9.17, 15) is 28.3 Å². The first-order valence-electron chi connectivity index (χ1n) is 11.3. The Morgan fingerprint density at radius 1 is 1.17 bits per heavy atom. The molecule has 2 N–H and O–H groups in total. The highest BCUT2D eigenvalue weighted by Crippen LogP contribution is 2.38. The molecule has 0 saturated heterocycles. The van der Waals surface area contributed by atoms with Crippen LogP contribution in [-0.2, 0) is 23.9 Å². The number of guanidine groups is 1. The number of rotatable bonds is 8. The number of nitrogens with one attached hydrogen (secondary N) is 1. The third kappa shape index (κ3) is 7.90. The van der Waals surface area contributed by atoms with Crippen molar-refractivity contribution < 1.29 is 27.8 Å². The van der Waals surface area contributed by atoms with Crippen LogP contribution in [0, 0.1) is 16.9 Å². The van der Waals surface area contributed by atoms with Crippen LogP contribution in [0.15, 0.2) is 41.4 Å². The largest absolute Gasteiger partial charge is 0.496 e. The van der Waals surface area contributed by atoms with E-state index in [1.165, 1.54) is 13.2 Å². The molecule has 10 heteroatoms. The van der Waals surface area contributed by atoms with Gasteiger partial charge >= 0.3 is 12.1 Å². The molecule has 0 bridgehead atoms. The molecule has 0 amide bonds. The van der Waals surface area contributed by atoms with E-state index in [4.69, 9.17) is 4.74 Å². The van der Waals surface area contributed by atoms with E-state index >= 15 is 0 Å². The van der Waals surface area contributed by atoms with Gasteiger partial charge in [-0.2, -0.15) is 18.4 Å². The van der Waals surface area contributed by atoms with E-state index in [-0.39, 0.29) is 24.3 Å². The molecule has 7 nitrogen and oxygen atoms in total. The first-order chi connectivity index (χ1) is 16.8. The minimum Gasteiger partial charge on any atom is -0.496 e. The molecule has 36 heavy (non-hydrogen) atoms. The van der Waals surface area contributed by atoms with Gasteiger partial charge in [0.25, 0.3) is 0 Å². The highest BCUT2D eigenvalue weighted by Gasteiger charge is 2.32. The number of carboxylic acids is 1. The number of halogens is 3. The lowest BCUT2D eigenvalue weighted by Gasteiger charge is -2.33. The molecule has 0 heterocycles.